The molecule has 7 nitrogen and oxygen atoms in total. The minimum absolute atomic E-state index is 0.0943. The molecule has 0 saturated carbocycles. The van der Waals surface area contributed by atoms with Crippen LogP contribution in [0.4, 0.5) is 18.9 Å². The molecule has 0 heterocycles. The second-order valence-electron chi connectivity index (χ2n) is 10.6. The zero-order chi connectivity index (χ0) is 34.2. The zero-order valence-electron chi connectivity index (χ0n) is 25.3. The Morgan fingerprint density at radius 3 is 2.15 bits per heavy atom. The van der Waals surface area contributed by atoms with E-state index in [9.17, 15) is 31.2 Å². The molecular formula is C34H32BrClF3N3O4S. The first kappa shape index (κ1) is 36.0. The summed E-state index contributed by atoms with van der Waals surface area (Å²) in [5.41, 5.74) is -0.296. The number of carbonyl (C=O) groups is 2. The molecule has 0 saturated heterocycles. The first-order valence-electron chi connectivity index (χ1n) is 14.6. The van der Waals surface area contributed by atoms with Crippen LogP contribution in [0.15, 0.2) is 112 Å². The molecule has 0 aliphatic carbocycles. The molecule has 0 bridgehead atoms. The predicted molar refractivity (Wildman–Crippen MR) is 179 cm³/mol. The average Bonchev–Trinajstić information content (AvgIpc) is 3.04. The van der Waals surface area contributed by atoms with E-state index in [4.69, 9.17) is 11.6 Å². The van der Waals surface area contributed by atoms with E-state index in [1.807, 2.05) is 13.0 Å². The van der Waals surface area contributed by atoms with Gasteiger partial charge in [-0.15, -0.1) is 0 Å². The van der Waals surface area contributed by atoms with Crippen molar-refractivity contribution in [3.63, 3.8) is 0 Å². The fourth-order valence-electron chi connectivity index (χ4n) is 4.89. The number of halogens is 5. The Balaban J connectivity index is 1.85. The largest absolute Gasteiger partial charge is 0.417 e. The summed E-state index contributed by atoms with van der Waals surface area (Å²) >= 11 is 9.28. The minimum atomic E-state index is -4.90. The number of benzene rings is 4. The maximum atomic E-state index is 14.4. The van der Waals surface area contributed by atoms with Crippen molar-refractivity contribution in [2.45, 2.75) is 43.4 Å². The molecule has 1 N–H and O–H groups in total. The molecule has 0 radical (unpaired) electrons. The number of rotatable bonds is 13. The number of carbonyl (C=O) groups excluding carboxylic acids is 2. The van der Waals surface area contributed by atoms with Crippen molar-refractivity contribution < 1.29 is 31.2 Å². The molecule has 4 aromatic rings. The van der Waals surface area contributed by atoms with Gasteiger partial charge in [0.05, 0.1) is 21.2 Å². The smallest absolute Gasteiger partial charge is 0.354 e. The summed E-state index contributed by atoms with van der Waals surface area (Å²) in [6.45, 7) is 1.21. The fraction of sp³-hybridized carbons (Fsp3) is 0.235. The van der Waals surface area contributed by atoms with Crippen LogP contribution in [0.5, 0.6) is 0 Å². The number of sulfonamides is 1. The summed E-state index contributed by atoms with van der Waals surface area (Å²) in [4.78, 5) is 29.2. The van der Waals surface area contributed by atoms with Gasteiger partial charge >= 0.3 is 6.18 Å². The monoisotopic (exact) mass is 749 g/mol. The standard InChI is InChI=1S/C34H32BrClF3N3O4S/c1-2-18-40-33(44)31(20-24-10-5-3-6-11-24)41(22-25-12-9-13-26(35)19-25)32(43)23-42(47(45,46)28-14-7-4-8-15-28)27-16-17-30(36)29(21-27)34(37,38)39/h3-17,19,21,31H,2,18,20,22-23H2,1H3,(H,40,44)/t31-/m1/s1. The van der Waals surface area contributed by atoms with Crippen molar-refractivity contribution in [3.05, 3.63) is 129 Å². The van der Waals surface area contributed by atoms with Gasteiger partial charge in [0.25, 0.3) is 10.0 Å². The van der Waals surface area contributed by atoms with Crippen LogP contribution >= 0.6 is 27.5 Å². The van der Waals surface area contributed by atoms with Crippen LogP contribution in [-0.2, 0) is 38.8 Å². The lowest BCUT2D eigenvalue weighted by Gasteiger charge is -2.34. The molecule has 0 spiro atoms. The van der Waals surface area contributed by atoms with Crippen molar-refractivity contribution in [1.82, 2.24) is 10.2 Å². The molecule has 0 aromatic heterocycles. The summed E-state index contributed by atoms with van der Waals surface area (Å²) in [7, 11) is -4.59. The Morgan fingerprint density at radius 1 is 0.894 bits per heavy atom. The lowest BCUT2D eigenvalue weighted by Crippen LogP contribution is -2.53. The highest BCUT2D eigenvalue weighted by molar-refractivity contribution is 9.10. The number of hydrogen-bond donors (Lipinski definition) is 1. The van der Waals surface area contributed by atoms with Gasteiger partial charge in [-0.2, -0.15) is 13.2 Å². The summed E-state index contributed by atoms with van der Waals surface area (Å²) in [5, 5.41) is 2.21. The number of hydrogen-bond acceptors (Lipinski definition) is 4. The van der Waals surface area contributed by atoms with E-state index < -0.39 is 56.9 Å². The molecule has 4 rings (SSSR count). The molecule has 248 valence electrons. The van der Waals surface area contributed by atoms with E-state index in [-0.39, 0.29) is 17.9 Å². The summed E-state index contributed by atoms with van der Waals surface area (Å²) in [6.07, 6.45) is -4.17. The fourth-order valence-corrected chi connectivity index (χ4v) is 6.98. The molecule has 47 heavy (non-hydrogen) atoms. The van der Waals surface area contributed by atoms with Gasteiger partial charge in [0.1, 0.15) is 12.6 Å². The Morgan fingerprint density at radius 2 is 1.53 bits per heavy atom. The van der Waals surface area contributed by atoms with Crippen LogP contribution in [0.2, 0.25) is 5.02 Å². The zero-order valence-corrected chi connectivity index (χ0v) is 28.4. The maximum absolute atomic E-state index is 14.4. The van der Waals surface area contributed by atoms with Gasteiger partial charge in [-0.1, -0.05) is 95.1 Å². The molecule has 2 amide bonds. The van der Waals surface area contributed by atoms with Crippen molar-refractivity contribution >= 4 is 55.1 Å². The van der Waals surface area contributed by atoms with Crippen LogP contribution in [0, 0.1) is 0 Å². The van der Waals surface area contributed by atoms with Crippen molar-refractivity contribution in [1.29, 1.82) is 0 Å². The molecule has 0 aliphatic heterocycles. The third kappa shape index (κ3) is 9.36. The van der Waals surface area contributed by atoms with Crippen LogP contribution in [-0.4, -0.2) is 44.3 Å². The molecule has 0 aliphatic rings. The summed E-state index contributed by atoms with van der Waals surface area (Å²) in [5.74, 6) is -1.26. The van der Waals surface area contributed by atoms with Gasteiger partial charge in [-0.25, -0.2) is 8.42 Å². The second kappa shape index (κ2) is 15.8. The molecule has 1 atom stereocenters. The summed E-state index contributed by atoms with van der Waals surface area (Å²) < 4.78 is 71.1. The van der Waals surface area contributed by atoms with Crippen LogP contribution in [0.1, 0.15) is 30.0 Å². The topological polar surface area (TPSA) is 86.8 Å². The van der Waals surface area contributed by atoms with Gasteiger partial charge in [0.15, 0.2) is 0 Å². The third-order valence-corrected chi connectivity index (χ3v) is 9.83. The Hall–Kier alpha value is -3.87. The van der Waals surface area contributed by atoms with Gasteiger partial charge in [0.2, 0.25) is 11.8 Å². The maximum Gasteiger partial charge on any atom is 0.417 e. The van der Waals surface area contributed by atoms with Crippen molar-refractivity contribution in [2.24, 2.45) is 0 Å². The highest BCUT2D eigenvalue weighted by Crippen LogP contribution is 2.38. The molecule has 13 heteroatoms. The number of nitrogens with zero attached hydrogens (tertiary/aromatic N) is 2. The molecule has 0 fully saturated rings. The highest BCUT2D eigenvalue weighted by Gasteiger charge is 2.37. The first-order valence-corrected chi connectivity index (χ1v) is 17.2. The predicted octanol–water partition coefficient (Wildman–Crippen LogP) is 7.48. The van der Waals surface area contributed by atoms with Crippen LogP contribution in [0.3, 0.4) is 0 Å². The quantitative estimate of drug-likeness (QED) is 0.154. The second-order valence-corrected chi connectivity index (χ2v) is 13.8. The Kier molecular flexibility index (Phi) is 12.1. The van der Waals surface area contributed by atoms with Crippen molar-refractivity contribution in [2.75, 3.05) is 17.4 Å². The normalized spacial score (nSPS) is 12.3. The van der Waals surface area contributed by atoms with E-state index >= 15 is 0 Å². The van der Waals surface area contributed by atoms with E-state index in [0.29, 0.717) is 33.4 Å². The Labute approximate surface area is 285 Å². The number of alkyl halides is 3. The van der Waals surface area contributed by atoms with Crippen LogP contribution < -0.4 is 9.62 Å². The molecule has 4 aromatic carbocycles. The lowest BCUT2D eigenvalue weighted by atomic mass is 10.0. The van der Waals surface area contributed by atoms with Crippen molar-refractivity contribution in [3.8, 4) is 0 Å². The minimum Gasteiger partial charge on any atom is -0.354 e. The van der Waals surface area contributed by atoms with E-state index in [1.165, 1.54) is 29.2 Å². The first-order chi connectivity index (χ1) is 22.3. The molecular weight excluding hydrogens is 719 g/mol. The van der Waals surface area contributed by atoms with E-state index in [1.54, 1.807) is 54.6 Å². The average molecular weight is 751 g/mol. The lowest BCUT2D eigenvalue weighted by molar-refractivity contribution is -0.140. The van der Waals surface area contributed by atoms with Crippen LogP contribution in [0.25, 0.3) is 0 Å². The number of anilines is 1. The summed E-state index contributed by atoms with van der Waals surface area (Å²) in [6, 6.07) is 24.7. The van der Waals surface area contributed by atoms with E-state index in [2.05, 4.69) is 21.2 Å². The molecule has 0 unspecified atom stereocenters. The third-order valence-electron chi connectivity index (χ3n) is 7.22. The van der Waals surface area contributed by atoms with Gasteiger partial charge < -0.3 is 10.2 Å². The van der Waals surface area contributed by atoms with Gasteiger partial charge in [-0.3, -0.25) is 13.9 Å². The van der Waals surface area contributed by atoms with Gasteiger partial charge in [0, 0.05) is 24.0 Å². The highest BCUT2D eigenvalue weighted by atomic mass is 79.9. The Bertz CT molecular complexity index is 1800. The van der Waals surface area contributed by atoms with Gasteiger partial charge in [-0.05, 0) is 60.0 Å². The SMILES string of the molecule is CCCNC(=O)[C@@H](Cc1ccccc1)N(Cc1cccc(Br)c1)C(=O)CN(c1ccc(Cl)c(C(F)(F)F)c1)S(=O)(=O)c1ccccc1. The number of amides is 2. The van der Waals surface area contributed by atoms with E-state index in [0.717, 1.165) is 17.7 Å². The number of nitrogens with one attached hydrogen (secondary N) is 1.